The first-order valence-electron chi connectivity index (χ1n) is 39.8. The van der Waals surface area contributed by atoms with E-state index < -0.39 is 0 Å². The van der Waals surface area contributed by atoms with Crippen LogP contribution in [0.15, 0.2) is 437 Å². The van der Waals surface area contributed by atoms with E-state index in [1.165, 1.54) is 169 Å². The normalized spacial score (nSPS) is 11.6. The third kappa shape index (κ3) is 11.5. The molecule has 0 bridgehead atoms. The van der Waals surface area contributed by atoms with Crippen molar-refractivity contribution in [3.05, 3.63) is 437 Å². The maximum absolute atomic E-state index is 5.28. The number of hydrogen-bond acceptors (Lipinski definition) is 2. The molecule has 0 radical (unpaired) electrons. The zero-order valence-corrected chi connectivity index (χ0v) is 63.4. The molecule has 0 aliphatic carbocycles. The van der Waals surface area contributed by atoms with Gasteiger partial charge in [-0.05, 0) is 198 Å². The van der Waals surface area contributed by atoms with E-state index in [-0.39, 0.29) is 0 Å². The van der Waals surface area contributed by atoms with Crippen LogP contribution in [-0.4, -0.2) is 19.1 Å². The van der Waals surface area contributed by atoms with Gasteiger partial charge in [-0.25, -0.2) is 0 Å². The summed E-state index contributed by atoms with van der Waals surface area (Å²) < 4.78 is 4.79. The van der Waals surface area contributed by atoms with E-state index in [0.29, 0.717) is 0 Å². The SMILES string of the molecule is c1ccc(-c2ccc(-c3c4ccccc4c(-c4ccc(-c5ccc(-c6ccc7c(c6)c6c8ccccc8ccc6n7-c6ccccc6)cc5)cn4)c4ccccc34)cc2)cc1.c1ccc(-c2ccc(-c3c4ccccc4c(-c4ccc(-c5cccc6c5c5c7ccccc7ccc5n6-c5ccccc5)cn4)c4ccccc34)cc2)cc1. The van der Waals surface area contributed by atoms with Crippen molar-refractivity contribution < 1.29 is 0 Å². The van der Waals surface area contributed by atoms with E-state index in [4.69, 9.17) is 9.97 Å². The van der Waals surface area contributed by atoms with Gasteiger partial charge in [0, 0.05) is 67.6 Å². The number of nitrogens with zero attached hydrogens (tertiary/aromatic N) is 4. The lowest BCUT2D eigenvalue weighted by atomic mass is 9.86. The van der Waals surface area contributed by atoms with E-state index in [1.807, 2.05) is 6.20 Å². The van der Waals surface area contributed by atoms with Gasteiger partial charge in [-0.15, -0.1) is 0 Å². The fourth-order valence-electron chi connectivity index (χ4n) is 18.4. The van der Waals surface area contributed by atoms with Crippen LogP contribution in [0.1, 0.15) is 0 Å². The van der Waals surface area contributed by atoms with Crippen molar-refractivity contribution in [2.24, 2.45) is 0 Å². The smallest absolute Gasteiger partial charge is 0.0714 e. The third-order valence-corrected chi connectivity index (χ3v) is 23.7. The average molecular weight is 1470 g/mol. The van der Waals surface area contributed by atoms with Crippen molar-refractivity contribution in [3.63, 3.8) is 0 Å². The van der Waals surface area contributed by atoms with Crippen LogP contribution >= 0.6 is 0 Å². The van der Waals surface area contributed by atoms with Gasteiger partial charge in [0.2, 0.25) is 0 Å². The van der Waals surface area contributed by atoms with Crippen molar-refractivity contribution in [2.45, 2.75) is 0 Å². The van der Waals surface area contributed by atoms with Crippen LogP contribution in [-0.2, 0) is 0 Å². The first-order valence-corrected chi connectivity index (χ1v) is 39.8. The Hall–Kier alpha value is -15.4. The highest BCUT2D eigenvalue weighted by molar-refractivity contribution is 6.27. The fourth-order valence-corrected chi connectivity index (χ4v) is 18.4. The molecule has 0 unspecified atom stereocenters. The van der Waals surface area contributed by atoms with Gasteiger partial charge in [0.15, 0.2) is 0 Å². The summed E-state index contributed by atoms with van der Waals surface area (Å²) in [7, 11) is 0. The molecule has 0 aliphatic heterocycles. The van der Waals surface area contributed by atoms with E-state index in [0.717, 1.165) is 50.6 Å². The molecule has 0 fully saturated rings. The maximum atomic E-state index is 5.28. The number of pyridine rings is 2. The second-order valence-corrected chi connectivity index (χ2v) is 30.1. The molecule has 540 valence electrons. The quantitative estimate of drug-likeness (QED) is 0.121. The van der Waals surface area contributed by atoms with Crippen molar-refractivity contribution >= 4 is 108 Å². The number of benzene rings is 19. The van der Waals surface area contributed by atoms with Gasteiger partial charge in [-0.2, -0.15) is 0 Å². The van der Waals surface area contributed by atoms with Crippen LogP contribution in [0.3, 0.4) is 0 Å². The predicted molar refractivity (Wildman–Crippen MR) is 491 cm³/mol. The van der Waals surface area contributed by atoms with Crippen LogP contribution in [0.5, 0.6) is 0 Å². The summed E-state index contributed by atoms with van der Waals surface area (Å²) in [5.74, 6) is 0. The first-order chi connectivity index (χ1) is 57.6. The van der Waals surface area contributed by atoms with Crippen molar-refractivity contribution in [3.8, 4) is 112 Å². The Morgan fingerprint density at radius 2 is 0.474 bits per heavy atom. The standard InChI is InChI=1S/C59H38N2.C53H34N2/c1-3-13-39(14-4-1)40-27-29-44(30-28-40)57-49-19-9-11-21-51(49)58(52-22-12-10-20-50(52)57)54-34-31-46(38-60-54)42-25-23-41(24-26-42)45-33-35-55-53(37-45)59-48-18-8-7-15-43(48)32-36-56(59)61(55)47-16-5-2-6-17-47;1-3-14-35(15-4-1)36-26-28-38(29-27-36)50-43-20-9-11-22-45(43)51(46-23-12-10-21-44(46)50)47-32-30-39(34-54-47)42-24-13-25-48-53(42)52-41-19-8-7-16-37(41)31-33-49(52)55(48)40-17-5-2-6-18-40/h1-38H;1-34H. The van der Waals surface area contributed by atoms with Crippen LogP contribution in [0, 0.1) is 0 Å². The molecule has 0 saturated heterocycles. The molecule has 23 aromatic rings. The predicted octanol–water partition coefficient (Wildman–Crippen LogP) is 30.3. The molecule has 0 atom stereocenters. The van der Waals surface area contributed by atoms with Crippen molar-refractivity contribution in [2.75, 3.05) is 0 Å². The molecule has 0 aliphatic rings. The molecule has 0 spiro atoms. The number of aromatic nitrogens is 4. The van der Waals surface area contributed by atoms with Crippen LogP contribution in [0.4, 0.5) is 0 Å². The molecule has 4 nitrogen and oxygen atoms in total. The first kappa shape index (κ1) is 67.5. The van der Waals surface area contributed by atoms with Gasteiger partial charge < -0.3 is 9.13 Å². The monoisotopic (exact) mass is 1470 g/mol. The van der Waals surface area contributed by atoms with Gasteiger partial charge in [-0.1, -0.05) is 358 Å². The number of rotatable bonds is 11. The summed E-state index contributed by atoms with van der Waals surface area (Å²) in [4.78, 5) is 10.4. The lowest BCUT2D eigenvalue weighted by molar-refractivity contribution is 1.18. The molecule has 4 heterocycles. The molecule has 0 amide bonds. The highest BCUT2D eigenvalue weighted by atomic mass is 15.0. The van der Waals surface area contributed by atoms with E-state index >= 15 is 0 Å². The van der Waals surface area contributed by atoms with Gasteiger partial charge in [0.1, 0.15) is 0 Å². The van der Waals surface area contributed by atoms with Crippen LogP contribution in [0.25, 0.3) is 220 Å². The summed E-state index contributed by atoms with van der Waals surface area (Å²) in [6.45, 7) is 0. The highest BCUT2D eigenvalue weighted by Crippen LogP contribution is 2.49. The fraction of sp³-hybridized carbons (Fsp3) is 0. The molecule has 116 heavy (non-hydrogen) atoms. The second kappa shape index (κ2) is 28.4. The maximum Gasteiger partial charge on any atom is 0.0714 e. The molecular weight excluding hydrogens is 1400 g/mol. The zero-order valence-electron chi connectivity index (χ0n) is 63.4. The van der Waals surface area contributed by atoms with Crippen LogP contribution in [0.2, 0.25) is 0 Å². The molecular formula is C112H72N4. The van der Waals surface area contributed by atoms with Gasteiger partial charge in [0.25, 0.3) is 0 Å². The highest BCUT2D eigenvalue weighted by Gasteiger charge is 2.24. The summed E-state index contributed by atoms with van der Waals surface area (Å²) in [5.41, 5.74) is 28.0. The minimum Gasteiger partial charge on any atom is -0.309 e. The zero-order chi connectivity index (χ0) is 76.6. The largest absolute Gasteiger partial charge is 0.309 e. The summed E-state index contributed by atoms with van der Waals surface area (Å²) in [6, 6.07) is 154. The number of hydrogen-bond donors (Lipinski definition) is 0. The molecule has 4 heteroatoms. The van der Waals surface area contributed by atoms with Gasteiger partial charge in [-0.3, -0.25) is 9.97 Å². The Bertz CT molecular complexity index is 7610. The Balaban J connectivity index is 0.000000141. The van der Waals surface area contributed by atoms with Crippen molar-refractivity contribution in [1.29, 1.82) is 0 Å². The van der Waals surface area contributed by atoms with E-state index in [9.17, 15) is 0 Å². The molecule has 0 saturated carbocycles. The minimum atomic E-state index is 0.964. The lowest BCUT2D eigenvalue weighted by Gasteiger charge is -2.17. The van der Waals surface area contributed by atoms with Crippen molar-refractivity contribution in [1.82, 2.24) is 19.1 Å². The molecule has 0 N–H and O–H groups in total. The Morgan fingerprint density at radius 3 is 0.914 bits per heavy atom. The van der Waals surface area contributed by atoms with E-state index in [2.05, 4.69) is 440 Å². The van der Waals surface area contributed by atoms with Crippen LogP contribution < -0.4 is 0 Å². The Morgan fingerprint density at radius 1 is 0.164 bits per heavy atom. The Labute approximate surface area is 671 Å². The van der Waals surface area contributed by atoms with Gasteiger partial charge in [0.05, 0.1) is 33.5 Å². The molecule has 19 aromatic carbocycles. The summed E-state index contributed by atoms with van der Waals surface area (Å²) >= 11 is 0. The average Bonchev–Trinajstić information content (AvgIpc) is 1.27. The van der Waals surface area contributed by atoms with Gasteiger partial charge >= 0.3 is 0 Å². The minimum absolute atomic E-state index is 0.964. The third-order valence-electron chi connectivity index (χ3n) is 23.7. The summed E-state index contributed by atoms with van der Waals surface area (Å²) in [5, 5.41) is 19.7. The van der Waals surface area contributed by atoms with E-state index in [1.54, 1.807) is 0 Å². The summed E-state index contributed by atoms with van der Waals surface area (Å²) in [6.07, 6.45) is 4.10. The lowest BCUT2D eigenvalue weighted by Crippen LogP contribution is -1.93. The molecule has 23 rings (SSSR count). The molecule has 4 aromatic heterocycles. The number of fused-ring (bicyclic) bond motifs is 14. The topological polar surface area (TPSA) is 35.6 Å². The number of para-hydroxylation sites is 2. The Kier molecular flexibility index (Phi) is 16.6. The second-order valence-electron chi connectivity index (χ2n) is 30.1.